The maximum Gasteiger partial charge on any atom is 0.335 e. The lowest BCUT2D eigenvalue weighted by Gasteiger charge is -2.20. The molecule has 0 rings (SSSR count). The molecule has 0 saturated heterocycles. The molecule has 0 aliphatic heterocycles. The summed E-state index contributed by atoms with van der Waals surface area (Å²) < 4.78 is 4.70. The predicted molar refractivity (Wildman–Crippen MR) is 60.5 cm³/mol. The molecule has 0 aliphatic carbocycles. The Morgan fingerprint density at radius 2 is 2.00 bits per heavy atom. The van der Waals surface area contributed by atoms with Crippen LogP contribution in [0, 0.1) is 5.41 Å². The van der Waals surface area contributed by atoms with Crippen molar-refractivity contribution >= 4 is 5.97 Å². The Hall–Kier alpha value is -0.830. The standard InChI is InChI=1S/C12H22O3/c1-6-15-11(14)10(13)7-9(2)8-12(3,4)5/h10,13H,2,6-8H2,1,3-5H3/t10-/m0/s1. The Kier molecular flexibility index (Phi) is 5.58. The quantitative estimate of drug-likeness (QED) is 0.564. The van der Waals surface area contributed by atoms with Crippen LogP contribution >= 0.6 is 0 Å². The van der Waals surface area contributed by atoms with Gasteiger partial charge in [-0.1, -0.05) is 32.9 Å². The van der Waals surface area contributed by atoms with Crippen LogP contribution in [0.15, 0.2) is 12.2 Å². The molecule has 0 aromatic heterocycles. The van der Waals surface area contributed by atoms with E-state index in [1.165, 1.54) is 0 Å². The van der Waals surface area contributed by atoms with Crippen LogP contribution in [-0.2, 0) is 9.53 Å². The molecule has 0 amide bonds. The van der Waals surface area contributed by atoms with Crippen molar-refractivity contribution in [1.29, 1.82) is 0 Å². The summed E-state index contributed by atoms with van der Waals surface area (Å²) in [4.78, 5) is 11.1. The molecule has 0 radical (unpaired) electrons. The Balaban J connectivity index is 4.02. The SMILES string of the molecule is C=C(C[C@H](O)C(=O)OCC)CC(C)(C)C. The fourth-order valence-electron chi connectivity index (χ4n) is 1.42. The van der Waals surface area contributed by atoms with Gasteiger partial charge in [0.15, 0.2) is 6.10 Å². The van der Waals surface area contributed by atoms with Crippen LogP contribution < -0.4 is 0 Å². The van der Waals surface area contributed by atoms with Crippen molar-refractivity contribution in [1.82, 2.24) is 0 Å². The molecule has 0 unspecified atom stereocenters. The van der Waals surface area contributed by atoms with Gasteiger partial charge in [-0.3, -0.25) is 0 Å². The summed E-state index contributed by atoms with van der Waals surface area (Å²) in [6.07, 6.45) is 0.0133. The number of rotatable bonds is 5. The Labute approximate surface area is 92.1 Å². The number of esters is 1. The fourth-order valence-corrected chi connectivity index (χ4v) is 1.42. The normalized spacial score (nSPS) is 13.4. The van der Waals surface area contributed by atoms with E-state index in [0.29, 0.717) is 6.61 Å². The summed E-state index contributed by atoms with van der Waals surface area (Å²) in [5, 5.41) is 9.48. The van der Waals surface area contributed by atoms with Gasteiger partial charge >= 0.3 is 5.97 Å². The first kappa shape index (κ1) is 14.2. The van der Waals surface area contributed by atoms with Gasteiger partial charge in [0.25, 0.3) is 0 Å². The van der Waals surface area contributed by atoms with Gasteiger partial charge in [0, 0.05) is 6.42 Å². The summed E-state index contributed by atoms with van der Waals surface area (Å²) >= 11 is 0. The van der Waals surface area contributed by atoms with Crippen molar-refractivity contribution in [3.05, 3.63) is 12.2 Å². The monoisotopic (exact) mass is 214 g/mol. The number of hydrogen-bond donors (Lipinski definition) is 1. The minimum absolute atomic E-state index is 0.130. The lowest BCUT2D eigenvalue weighted by atomic mass is 9.87. The Morgan fingerprint density at radius 3 is 2.40 bits per heavy atom. The maximum absolute atomic E-state index is 11.1. The molecule has 1 atom stereocenters. The average Bonchev–Trinajstić information content (AvgIpc) is 2.00. The van der Waals surface area contributed by atoms with Crippen LogP contribution in [-0.4, -0.2) is 23.8 Å². The van der Waals surface area contributed by atoms with E-state index in [9.17, 15) is 9.90 Å². The van der Waals surface area contributed by atoms with E-state index < -0.39 is 12.1 Å². The minimum atomic E-state index is -1.07. The van der Waals surface area contributed by atoms with E-state index in [1.807, 2.05) is 0 Å². The van der Waals surface area contributed by atoms with Crippen LogP contribution in [0.1, 0.15) is 40.5 Å². The smallest absolute Gasteiger partial charge is 0.335 e. The molecule has 88 valence electrons. The van der Waals surface area contributed by atoms with Gasteiger partial charge in [-0.2, -0.15) is 0 Å². The van der Waals surface area contributed by atoms with Crippen LogP contribution in [0.3, 0.4) is 0 Å². The number of carbonyl (C=O) groups is 1. The first-order valence-electron chi connectivity index (χ1n) is 5.27. The van der Waals surface area contributed by atoms with Gasteiger partial charge in [-0.05, 0) is 18.8 Å². The molecule has 1 N–H and O–H groups in total. The van der Waals surface area contributed by atoms with Crippen LogP contribution in [0.4, 0.5) is 0 Å². The van der Waals surface area contributed by atoms with Crippen molar-refractivity contribution < 1.29 is 14.6 Å². The van der Waals surface area contributed by atoms with Crippen molar-refractivity contribution in [3.8, 4) is 0 Å². The van der Waals surface area contributed by atoms with E-state index in [0.717, 1.165) is 12.0 Å². The average molecular weight is 214 g/mol. The van der Waals surface area contributed by atoms with E-state index in [2.05, 4.69) is 27.4 Å². The van der Waals surface area contributed by atoms with Gasteiger partial charge in [-0.15, -0.1) is 0 Å². The Morgan fingerprint density at radius 1 is 1.47 bits per heavy atom. The van der Waals surface area contributed by atoms with Gasteiger partial charge in [0.1, 0.15) is 0 Å². The highest BCUT2D eigenvalue weighted by atomic mass is 16.5. The highest BCUT2D eigenvalue weighted by molar-refractivity contribution is 5.74. The second-order valence-electron chi connectivity index (χ2n) is 4.96. The van der Waals surface area contributed by atoms with Crippen LogP contribution in [0.2, 0.25) is 0 Å². The zero-order valence-electron chi connectivity index (χ0n) is 10.2. The number of carbonyl (C=O) groups excluding carboxylic acids is 1. The molecular weight excluding hydrogens is 192 g/mol. The van der Waals surface area contributed by atoms with Crippen LogP contribution in [0.25, 0.3) is 0 Å². The van der Waals surface area contributed by atoms with Gasteiger partial charge in [0.05, 0.1) is 6.61 Å². The van der Waals surface area contributed by atoms with Crippen LogP contribution in [0.5, 0.6) is 0 Å². The topological polar surface area (TPSA) is 46.5 Å². The van der Waals surface area contributed by atoms with Gasteiger partial charge < -0.3 is 9.84 Å². The summed E-state index contributed by atoms with van der Waals surface area (Å²) in [6.45, 7) is 12.1. The largest absolute Gasteiger partial charge is 0.464 e. The molecule has 0 aliphatic rings. The van der Waals surface area contributed by atoms with E-state index in [-0.39, 0.29) is 11.8 Å². The van der Waals surface area contributed by atoms with E-state index in [1.54, 1.807) is 6.92 Å². The Bertz CT molecular complexity index is 226. The predicted octanol–water partition coefficient (Wildman–Crippen LogP) is 2.29. The van der Waals surface area contributed by atoms with Crippen molar-refractivity contribution in [3.63, 3.8) is 0 Å². The summed E-state index contributed by atoms with van der Waals surface area (Å²) in [7, 11) is 0. The minimum Gasteiger partial charge on any atom is -0.464 e. The number of aliphatic hydroxyl groups is 1. The lowest BCUT2D eigenvalue weighted by molar-refractivity contribution is -0.152. The van der Waals surface area contributed by atoms with Gasteiger partial charge in [0.2, 0.25) is 0 Å². The van der Waals surface area contributed by atoms with Crippen molar-refractivity contribution in [2.24, 2.45) is 5.41 Å². The first-order valence-corrected chi connectivity index (χ1v) is 5.27. The summed E-state index contributed by atoms with van der Waals surface area (Å²) in [5.41, 5.74) is 1.01. The second kappa shape index (κ2) is 5.91. The maximum atomic E-state index is 11.1. The molecular formula is C12H22O3. The molecule has 3 nitrogen and oxygen atoms in total. The number of hydrogen-bond acceptors (Lipinski definition) is 3. The zero-order chi connectivity index (χ0) is 12.1. The number of ether oxygens (including phenoxy) is 1. The zero-order valence-corrected chi connectivity index (χ0v) is 10.2. The molecule has 0 fully saturated rings. The third-order valence-electron chi connectivity index (χ3n) is 1.82. The lowest BCUT2D eigenvalue weighted by Crippen LogP contribution is -2.24. The van der Waals surface area contributed by atoms with E-state index in [4.69, 9.17) is 4.74 Å². The second-order valence-corrected chi connectivity index (χ2v) is 4.96. The van der Waals surface area contributed by atoms with Gasteiger partial charge in [-0.25, -0.2) is 4.79 Å². The molecule has 0 spiro atoms. The van der Waals surface area contributed by atoms with E-state index >= 15 is 0 Å². The van der Waals surface area contributed by atoms with Crippen molar-refractivity contribution in [2.45, 2.75) is 46.6 Å². The van der Waals surface area contributed by atoms with Crippen molar-refractivity contribution in [2.75, 3.05) is 6.61 Å². The molecule has 0 aromatic carbocycles. The first-order chi connectivity index (χ1) is 6.76. The summed E-state index contributed by atoms with van der Waals surface area (Å²) in [6, 6.07) is 0. The molecule has 0 bridgehead atoms. The molecule has 0 aromatic rings. The summed E-state index contributed by atoms with van der Waals surface area (Å²) in [5.74, 6) is -0.562. The number of aliphatic hydroxyl groups excluding tert-OH is 1. The highest BCUT2D eigenvalue weighted by Gasteiger charge is 2.19. The molecule has 0 heterocycles. The third kappa shape index (κ3) is 7.14. The molecule has 0 saturated carbocycles. The molecule has 3 heteroatoms. The highest BCUT2D eigenvalue weighted by Crippen LogP contribution is 2.25. The fraction of sp³-hybridized carbons (Fsp3) is 0.750. The third-order valence-corrected chi connectivity index (χ3v) is 1.82. The molecule has 15 heavy (non-hydrogen) atoms.